The number of aryl methyl sites for hydroxylation is 1. The van der Waals surface area contributed by atoms with Crippen LogP contribution in [0.25, 0.3) is 0 Å². The van der Waals surface area contributed by atoms with Gasteiger partial charge in [0.15, 0.2) is 0 Å². The molecule has 1 saturated carbocycles. The molecule has 1 fully saturated rings. The minimum Gasteiger partial charge on any atom is -0.269 e. The second-order valence-corrected chi connectivity index (χ2v) is 6.02. The minimum absolute atomic E-state index is 0.522. The smallest absolute Gasteiger partial charge is 0.0637 e. The maximum atomic E-state index is 5.88. The van der Waals surface area contributed by atoms with Gasteiger partial charge in [0.2, 0.25) is 0 Å². The normalized spacial score (nSPS) is 21.2. The van der Waals surface area contributed by atoms with Gasteiger partial charge >= 0.3 is 0 Å². The van der Waals surface area contributed by atoms with Crippen molar-refractivity contribution in [3.05, 3.63) is 17.5 Å². The van der Waals surface area contributed by atoms with Gasteiger partial charge in [0.05, 0.1) is 17.6 Å². The fourth-order valence-corrected chi connectivity index (χ4v) is 2.75. The summed E-state index contributed by atoms with van der Waals surface area (Å²) in [6, 6.07) is 0.587. The van der Waals surface area contributed by atoms with Crippen LogP contribution in [0, 0.1) is 12.3 Å². The number of halogens is 1. The quantitative estimate of drug-likeness (QED) is 0.713. The van der Waals surface area contributed by atoms with E-state index in [1.165, 1.54) is 31.2 Å². The number of rotatable bonds is 2. The molecular weight excluding hydrogens is 220 g/mol. The Balaban J connectivity index is 2.08. The van der Waals surface area contributed by atoms with Crippen molar-refractivity contribution in [1.82, 2.24) is 9.78 Å². The van der Waals surface area contributed by atoms with E-state index in [4.69, 9.17) is 11.6 Å². The number of hydrogen-bond acceptors (Lipinski definition) is 1. The van der Waals surface area contributed by atoms with E-state index in [-0.39, 0.29) is 0 Å². The van der Waals surface area contributed by atoms with E-state index in [9.17, 15) is 0 Å². The molecule has 1 aliphatic rings. The first-order valence-corrected chi connectivity index (χ1v) is 6.66. The highest BCUT2D eigenvalue weighted by Gasteiger charge is 2.28. The third-order valence-electron chi connectivity index (χ3n) is 3.85. The van der Waals surface area contributed by atoms with Crippen LogP contribution in [0.5, 0.6) is 0 Å². The lowest BCUT2D eigenvalue weighted by Crippen LogP contribution is -2.23. The minimum atomic E-state index is 0.522. The zero-order chi connectivity index (χ0) is 11.8. The van der Waals surface area contributed by atoms with E-state index in [2.05, 4.69) is 29.8 Å². The summed E-state index contributed by atoms with van der Waals surface area (Å²) in [4.78, 5) is 0. The molecule has 0 amide bonds. The molecule has 0 unspecified atom stereocenters. The van der Waals surface area contributed by atoms with Crippen LogP contribution < -0.4 is 0 Å². The Kier molecular flexibility index (Phi) is 3.29. The fraction of sp³-hybridized carbons (Fsp3) is 0.769. The van der Waals surface area contributed by atoms with Crippen molar-refractivity contribution in [2.75, 3.05) is 0 Å². The van der Waals surface area contributed by atoms with Crippen LogP contribution in [-0.4, -0.2) is 9.78 Å². The molecule has 0 aliphatic heterocycles. The number of nitrogens with zero attached hydrogens (tertiary/aromatic N) is 2. The topological polar surface area (TPSA) is 17.8 Å². The first-order chi connectivity index (χ1) is 7.52. The molecule has 0 aromatic carbocycles. The molecule has 2 rings (SSSR count). The Morgan fingerprint density at radius 1 is 1.44 bits per heavy atom. The number of hydrogen-bond donors (Lipinski definition) is 0. The van der Waals surface area contributed by atoms with Gasteiger partial charge in [-0.05, 0) is 38.0 Å². The van der Waals surface area contributed by atoms with E-state index in [0.717, 1.165) is 5.69 Å². The van der Waals surface area contributed by atoms with E-state index in [1.807, 2.05) is 6.92 Å². The molecule has 1 heterocycles. The maximum Gasteiger partial charge on any atom is 0.0637 e. The molecule has 3 heteroatoms. The van der Waals surface area contributed by atoms with E-state index in [1.54, 1.807) is 0 Å². The largest absolute Gasteiger partial charge is 0.269 e. The SMILES string of the molecule is Cc1nn(C2CCC(C)(C)CC2)cc1CCl. The number of aromatic nitrogens is 2. The first kappa shape index (κ1) is 12.0. The van der Waals surface area contributed by atoms with Gasteiger partial charge in [-0.3, -0.25) is 4.68 Å². The Hall–Kier alpha value is -0.500. The molecular formula is C13H21ClN2. The van der Waals surface area contributed by atoms with Crippen molar-refractivity contribution < 1.29 is 0 Å². The molecule has 0 N–H and O–H groups in total. The van der Waals surface area contributed by atoms with Crippen molar-refractivity contribution in [2.45, 2.75) is 58.4 Å². The van der Waals surface area contributed by atoms with Gasteiger partial charge in [0.25, 0.3) is 0 Å². The molecule has 1 aromatic rings. The maximum absolute atomic E-state index is 5.88. The van der Waals surface area contributed by atoms with Crippen molar-refractivity contribution in [3.63, 3.8) is 0 Å². The molecule has 2 nitrogen and oxygen atoms in total. The van der Waals surface area contributed by atoms with Crippen molar-refractivity contribution >= 4 is 11.6 Å². The molecule has 90 valence electrons. The summed E-state index contributed by atoms with van der Waals surface area (Å²) in [5.74, 6) is 0.573. The van der Waals surface area contributed by atoms with Crippen LogP contribution >= 0.6 is 11.6 Å². The fourth-order valence-electron chi connectivity index (χ4n) is 2.49. The summed E-state index contributed by atoms with van der Waals surface area (Å²) in [7, 11) is 0. The van der Waals surface area contributed by atoms with Crippen molar-refractivity contribution in [2.24, 2.45) is 5.41 Å². The van der Waals surface area contributed by atoms with E-state index >= 15 is 0 Å². The van der Waals surface area contributed by atoms with Gasteiger partial charge in [-0.25, -0.2) is 0 Å². The van der Waals surface area contributed by atoms with Gasteiger partial charge < -0.3 is 0 Å². The molecule has 16 heavy (non-hydrogen) atoms. The lowest BCUT2D eigenvalue weighted by atomic mass is 9.76. The second kappa shape index (κ2) is 4.40. The predicted octanol–water partition coefficient (Wildman–Crippen LogP) is 4.07. The zero-order valence-corrected chi connectivity index (χ0v) is 11.2. The molecule has 0 atom stereocenters. The zero-order valence-electron chi connectivity index (χ0n) is 10.5. The van der Waals surface area contributed by atoms with Crippen LogP contribution in [0.15, 0.2) is 6.20 Å². The Morgan fingerprint density at radius 3 is 2.56 bits per heavy atom. The van der Waals surface area contributed by atoms with Crippen molar-refractivity contribution in [3.8, 4) is 0 Å². The van der Waals surface area contributed by atoms with Gasteiger partial charge in [-0.2, -0.15) is 5.10 Å². The van der Waals surface area contributed by atoms with Gasteiger partial charge in [0.1, 0.15) is 0 Å². The highest BCUT2D eigenvalue weighted by molar-refractivity contribution is 6.17. The molecule has 0 saturated heterocycles. The second-order valence-electron chi connectivity index (χ2n) is 5.75. The third-order valence-corrected chi connectivity index (χ3v) is 4.13. The summed E-state index contributed by atoms with van der Waals surface area (Å²) in [5, 5.41) is 4.59. The highest BCUT2D eigenvalue weighted by atomic mass is 35.5. The first-order valence-electron chi connectivity index (χ1n) is 6.12. The highest BCUT2D eigenvalue weighted by Crippen LogP contribution is 2.40. The van der Waals surface area contributed by atoms with Crippen LogP contribution in [0.3, 0.4) is 0 Å². The Labute approximate surface area is 103 Å². The lowest BCUT2D eigenvalue weighted by molar-refractivity contribution is 0.186. The molecule has 1 aromatic heterocycles. The van der Waals surface area contributed by atoms with Crippen LogP contribution in [0.4, 0.5) is 0 Å². The summed E-state index contributed by atoms with van der Waals surface area (Å²) < 4.78 is 2.14. The van der Waals surface area contributed by atoms with Crippen LogP contribution in [0.1, 0.15) is 56.8 Å². The van der Waals surface area contributed by atoms with Crippen LogP contribution in [0.2, 0.25) is 0 Å². The monoisotopic (exact) mass is 240 g/mol. The van der Waals surface area contributed by atoms with Crippen molar-refractivity contribution in [1.29, 1.82) is 0 Å². The average molecular weight is 241 g/mol. The summed E-state index contributed by atoms with van der Waals surface area (Å²) >= 11 is 5.88. The van der Waals surface area contributed by atoms with E-state index in [0.29, 0.717) is 17.3 Å². The van der Waals surface area contributed by atoms with E-state index < -0.39 is 0 Å². The standard InChI is InChI=1S/C13H21ClN2/c1-10-11(8-14)9-16(15-10)12-4-6-13(2,3)7-5-12/h9,12H,4-8H2,1-3H3. The predicted molar refractivity (Wildman–Crippen MR) is 67.8 cm³/mol. The molecule has 0 spiro atoms. The number of alkyl halides is 1. The summed E-state index contributed by atoms with van der Waals surface area (Å²) in [5.41, 5.74) is 2.78. The van der Waals surface area contributed by atoms with Gasteiger partial charge in [-0.1, -0.05) is 13.8 Å². The Bertz CT molecular complexity index is 358. The molecule has 0 radical (unpaired) electrons. The van der Waals surface area contributed by atoms with Gasteiger partial charge in [0, 0.05) is 11.8 Å². The lowest BCUT2D eigenvalue weighted by Gasteiger charge is -2.34. The van der Waals surface area contributed by atoms with Crippen LogP contribution in [-0.2, 0) is 5.88 Å². The summed E-state index contributed by atoms with van der Waals surface area (Å²) in [6.07, 6.45) is 7.22. The summed E-state index contributed by atoms with van der Waals surface area (Å²) in [6.45, 7) is 6.77. The molecule has 1 aliphatic carbocycles. The third kappa shape index (κ3) is 2.42. The average Bonchev–Trinajstić information content (AvgIpc) is 2.59. The van der Waals surface area contributed by atoms with Gasteiger partial charge in [-0.15, -0.1) is 11.6 Å². The Morgan fingerprint density at radius 2 is 2.06 bits per heavy atom. The molecule has 0 bridgehead atoms.